The van der Waals surface area contributed by atoms with E-state index in [0.29, 0.717) is 18.8 Å². The number of anilines is 1. The molecule has 4 heteroatoms. The minimum atomic E-state index is -0.790. The van der Waals surface area contributed by atoms with Gasteiger partial charge in [-0.2, -0.15) is 0 Å². The number of rotatable bonds is 3. The van der Waals surface area contributed by atoms with E-state index in [2.05, 4.69) is 6.92 Å². The molecule has 0 aromatic heterocycles. The van der Waals surface area contributed by atoms with Gasteiger partial charge in [0.15, 0.2) is 0 Å². The number of hydrogen-bond acceptors (Lipinski definition) is 2. The smallest absolute Gasteiger partial charge is 0.242 e. The maximum absolute atomic E-state index is 12.9. The third-order valence-corrected chi connectivity index (χ3v) is 4.96. The Morgan fingerprint density at radius 1 is 1.23 bits per heavy atom. The Bertz CT molecular complexity index is 566. The van der Waals surface area contributed by atoms with Crippen LogP contribution in [0.4, 0.5) is 5.69 Å². The highest BCUT2D eigenvalue weighted by atomic mass is 16.2. The molecule has 118 valence electrons. The lowest BCUT2D eigenvalue weighted by molar-refractivity contribution is -0.144. The van der Waals surface area contributed by atoms with Crippen molar-refractivity contribution in [3.05, 3.63) is 30.3 Å². The molecule has 0 bridgehead atoms. The maximum Gasteiger partial charge on any atom is 0.242 e. The molecule has 1 unspecified atom stereocenters. The lowest BCUT2D eigenvalue weighted by Gasteiger charge is -2.34. The molecule has 4 nitrogen and oxygen atoms in total. The largest absolute Gasteiger partial charge is 0.342 e. The normalized spacial score (nSPS) is 23.0. The number of nitrogens with zero attached hydrogens (tertiary/aromatic N) is 2. The lowest BCUT2D eigenvalue weighted by atomic mass is 9.96. The van der Waals surface area contributed by atoms with Crippen molar-refractivity contribution in [2.24, 2.45) is 11.3 Å². The predicted molar refractivity (Wildman–Crippen MR) is 86.5 cm³/mol. The van der Waals surface area contributed by atoms with Gasteiger partial charge in [-0.1, -0.05) is 25.1 Å². The number of benzene rings is 1. The average molecular weight is 300 g/mol. The minimum absolute atomic E-state index is 0.0480. The zero-order valence-corrected chi connectivity index (χ0v) is 13.4. The van der Waals surface area contributed by atoms with Crippen LogP contribution in [0, 0.1) is 11.3 Å². The zero-order chi connectivity index (χ0) is 15.7. The van der Waals surface area contributed by atoms with Crippen molar-refractivity contribution in [1.29, 1.82) is 0 Å². The van der Waals surface area contributed by atoms with Crippen LogP contribution in [0.3, 0.4) is 0 Å². The molecule has 0 radical (unpaired) electrons. The van der Waals surface area contributed by atoms with Gasteiger partial charge < -0.3 is 9.80 Å². The van der Waals surface area contributed by atoms with E-state index in [0.717, 1.165) is 25.2 Å². The van der Waals surface area contributed by atoms with Crippen molar-refractivity contribution >= 4 is 17.5 Å². The molecule has 1 saturated carbocycles. The fourth-order valence-corrected chi connectivity index (χ4v) is 3.41. The summed E-state index contributed by atoms with van der Waals surface area (Å²) in [5, 5.41) is 0. The Balaban J connectivity index is 1.75. The molecule has 2 aliphatic rings. The first-order chi connectivity index (χ1) is 10.5. The Kier molecular flexibility index (Phi) is 3.94. The highest BCUT2D eigenvalue weighted by Crippen LogP contribution is 2.49. The van der Waals surface area contributed by atoms with Gasteiger partial charge >= 0.3 is 0 Å². The second-order valence-corrected chi connectivity index (χ2v) is 6.78. The third-order valence-electron chi connectivity index (χ3n) is 4.96. The summed E-state index contributed by atoms with van der Waals surface area (Å²) in [7, 11) is 1.77. The molecule has 2 fully saturated rings. The second kappa shape index (κ2) is 5.75. The van der Waals surface area contributed by atoms with E-state index in [1.165, 1.54) is 6.42 Å². The van der Waals surface area contributed by atoms with Crippen LogP contribution in [0.15, 0.2) is 30.3 Å². The standard InChI is InChI=1S/C18H24N2O2/c1-14-7-6-12-20(13-14)17(22)18(10-11-18)16(21)19(2)15-8-4-3-5-9-15/h3-5,8-9,14H,6-7,10-13H2,1-2H3. The van der Waals surface area contributed by atoms with Crippen molar-refractivity contribution in [2.75, 3.05) is 25.0 Å². The lowest BCUT2D eigenvalue weighted by Crippen LogP contribution is -2.48. The molecule has 1 heterocycles. The molecule has 0 N–H and O–H groups in total. The Hall–Kier alpha value is -1.84. The highest BCUT2D eigenvalue weighted by molar-refractivity contribution is 6.13. The van der Waals surface area contributed by atoms with Crippen LogP contribution in [-0.2, 0) is 9.59 Å². The summed E-state index contributed by atoms with van der Waals surface area (Å²) in [6, 6.07) is 9.55. The Morgan fingerprint density at radius 2 is 1.91 bits per heavy atom. The van der Waals surface area contributed by atoms with Gasteiger partial charge in [-0.3, -0.25) is 9.59 Å². The number of carbonyl (C=O) groups excluding carboxylic acids is 2. The fourth-order valence-electron chi connectivity index (χ4n) is 3.41. The van der Waals surface area contributed by atoms with Crippen molar-refractivity contribution < 1.29 is 9.59 Å². The molecule has 1 aliphatic heterocycles. The molecule has 1 atom stereocenters. The van der Waals surface area contributed by atoms with E-state index >= 15 is 0 Å². The van der Waals surface area contributed by atoms with Crippen LogP contribution in [0.2, 0.25) is 0 Å². The number of hydrogen-bond donors (Lipinski definition) is 0. The van der Waals surface area contributed by atoms with Crippen LogP contribution in [0.25, 0.3) is 0 Å². The summed E-state index contributed by atoms with van der Waals surface area (Å²) in [5.41, 5.74) is 0.0559. The first-order valence-corrected chi connectivity index (χ1v) is 8.17. The first kappa shape index (κ1) is 15.1. The minimum Gasteiger partial charge on any atom is -0.342 e. The van der Waals surface area contributed by atoms with Gasteiger partial charge in [0.1, 0.15) is 5.41 Å². The SMILES string of the molecule is CC1CCCN(C(=O)C2(C(=O)N(C)c3ccccc3)CC2)C1. The second-order valence-electron chi connectivity index (χ2n) is 6.78. The van der Waals surface area contributed by atoms with Crippen molar-refractivity contribution in [3.63, 3.8) is 0 Å². The number of amides is 2. The summed E-state index contributed by atoms with van der Waals surface area (Å²) in [6.07, 6.45) is 3.60. The van der Waals surface area contributed by atoms with Gasteiger partial charge in [0.05, 0.1) is 0 Å². The molecule has 3 rings (SSSR count). The van der Waals surface area contributed by atoms with Gasteiger partial charge in [-0.15, -0.1) is 0 Å². The summed E-state index contributed by atoms with van der Waals surface area (Å²) >= 11 is 0. The topological polar surface area (TPSA) is 40.6 Å². The molecule has 0 spiro atoms. The summed E-state index contributed by atoms with van der Waals surface area (Å²) < 4.78 is 0. The number of likely N-dealkylation sites (tertiary alicyclic amines) is 1. The van der Waals surface area contributed by atoms with E-state index in [4.69, 9.17) is 0 Å². The molecule has 1 saturated heterocycles. The van der Waals surface area contributed by atoms with Gasteiger partial charge in [-0.25, -0.2) is 0 Å². The Morgan fingerprint density at radius 3 is 2.50 bits per heavy atom. The van der Waals surface area contributed by atoms with Crippen molar-refractivity contribution in [1.82, 2.24) is 4.90 Å². The summed E-state index contributed by atoms with van der Waals surface area (Å²) in [4.78, 5) is 29.3. The van der Waals surface area contributed by atoms with E-state index in [-0.39, 0.29) is 11.8 Å². The molecule has 1 aromatic carbocycles. The van der Waals surface area contributed by atoms with Gasteiger partial charge in [-0.05, 0) is 43.7 Å². The number of para-hydroxylation sites is 1. The van der Waals surface area contributed by atoms with Crippen LogP contribution in [0.1, 0.15) is 32.6 Å². The quantitative estimate of drug-likeness (QED) is 0.805. The molecule has 1 aliphatic carbocycles. The van der Waals surface area contributed by atoms with E-state index in [9.17, 15) is 9.59 Å². The van der Waals surface area contributed by atoms with Gasteiger partial charge in [0.2, 0.25) is 11.8 Å². The van der Waals surface area contributed by atoms with E-state index in [1.807, 2.05) is 35.2 Å². The zero-order valence-electron chi connectivity index (χ0n) is 13.4. The first-order valence-electron chi connectivity index (χ1n) is 8.17. The van der Waals surface area contributed by atoms with E-state index < -0.39 is 5.41 Å². The highest BCUT2D eigenvalue weighted by Gasteiger charge is 2.59. The summed E-state index contributed by atoms with van der Waals surface area (Å²) in [6.45, 7) is 3.77. The molecule has 2 amide bonds. The van der Waals surface area contributed by atoms with Gasteiger partial charge in [0.25, 0.3) is 0 Å². The number of carbonyl (C=O) groups is 2. The van der Waals surface area contributed by atoms with Gasteiger partial charge in [0, 0.05) is 25.8 Å². The monoisotopic (exact) mass is 300 g/mol. The molecule has 22 heavy (non-hydrogen) atoms. The Labute approximate surface area is 132 Å². The van der Waals surface area contributed by atoms with Crippen LogP contribution in [0.5, 0.6) is 0 Å². The van der Waals surface area contributed by atoms with Crippen LogP contribution in [-0.4, -0.2) is 36.9 Å². The fraction of sp³-hybridized carbons (Fsp3) is 0.556. The summed E-state index contributed by atoms with van der Waals surface area (Å²) in [5.74, 6) is 0.532. The predicted octanol–water partition coefficient (Wildman–Crippen LogP) is 2.69. The molecular formula is C18H24N2O2. The molecular weight excluding hydrogens is 276 g/mol. The third kappa shape index (κ3) is 2.62. The maximum atomic E-state index is 12.9. The van der Waals surface area contributed by atoms with Crippen molar-refractivity contribution in [3.8, 4) is 0 Å². The average Bonchev–Trinajstić information content (AvgIpc) is 3.35. The van der Waals surface area contributed by atoms with Crippen LogP contribution < -0.4 is 4.90 Å². The number of piperidine rings is 1. The van der Waals surface area contributed by atoms with Crippen LogP contribution >= 0.6 is 0 Å². The van der Waals surface area contributed by atoms with Crippen molar-refractivity contribution in [2.45, 2.75) is 32.6 Å². The van der Waals surface area contributed by atoms with E-state index in [1.54, 1.807) is 11.9 Å². The molecule has 1 aromatic rings.